The lowest BCUT2D eigenvalue weighted by atomic mass is 10.1. The van der Waals surface area contributed by atoms with Crippen LogP contribution in [0.2, 0.25) is 0 Å². The summed E-state index contributed by atoms with van der Waals surface area (Å²) in [7, 11) is 0. The Morgan fingerprint density at radius 2 is 2.09 bits per heavy atom. The third-order valence-corrected chi connectivity index (χ3v) is 5.27. The van der Waals surface area contributed by atoms with Gasteiger partial charge in [0.1, 0.15) is 0 Å². The summed E-state index contributed by atoms with van der Waals surface area (Å²) < 4.78 is 2.13. The number of thioether (sulfide) groups is 1. The molecule has 1 aromatic carbocycles. The summed E-state index contributed by atoms with van der Waals surface area (Å²) in [4.78, 5) is 1.14. The Balaban J connectivity index is 1.85. The number of nitrogens with zero attached hydrogens (tertiary/aromatic N) is 3. The molecule has 2 heterocycles. The molecule has 112 valence electrons. The molecule has 0 spiro atoms. The molecule has 0 atom stereocenters. The van der Waals surface area contributed by atoms with Crippen LogP contribution < -0.4 is 0 Å². The molecule has 5 heteroatoms. The molecule has 0 radical (unpaired) electrons. The second-order valence-electron chi connectivity index (χ2n) is 4.90. The van der Waals surface area contributed by atoms with E-state index in [4.69, 9.17) is 0 Å². The van der Waals surface area contributed by atoms with E-state index < -0.39 is 0 Å². The van der Waals surface area contributed by atoms with E-state index in [9.17, 15) is 0 Å². The first-order valence-corrected chi connectivity index (χ1v) is 8.91. The molecule has 0 N–H and O–H groups in total. The Hall–Kier alpha value is -1.85. The predicted octanol–water partition coefficient (Wildman–Crippen LogP) is 4.79. The van der Waals surface area contributed by atoms with Gasteiger partial charge < -0.3 is 0 Å². The number of hydrogen-bond acceptors (Lipinski definition) is 4. The summed E-state index contributed by atoms with van der Waals surface area (Å²) in [6.07, 6.45) is 1.89. The lowest BCUT2D eigenvalue weighted by Crippen LogP contribution is -2.00. The summed E-state index contributed by atoms with van der Waals surface area (Å²) in [6.45, 7) is 6.71. The number of rotatable bonds is 6. The highest BCUT2D eigenvalue weighted by molar-refractivity contribution is 7.98. The summed E-state index contributed by atoms with van der Waals surface area (Å²) in [5.41, 5.74) is 2.64. The average molecular weight is 327 g/mol. The van der Waals surface area contributed by atoms with Crippen LogP contribution in [0.3, 0.4) is 0 Å². The van der Waals surface area contributed by atoms with Gasteiger partial charge in [0.15, 0.2) is 11.0 Å². The van der Waals surface area contributed by atoms with Gasteiger partial charge in [0.25, 0.3) is 0 Å². The third kappa shape index (κ3) is 3.15. The van der Waals surface area contributed by atoms with Crippen LogP contribution in [0.5, 0.6) is 0 Å². The normalized spacial score (nSPS) is 10.8. The van der Waals surface area contributed by atoms with Crippen LogP contribution in [0.4, 0.5) is 0 Å². The number of benzene rings is 1. The van der Waals surface area contributed by atoms with Crippen molar-refractivity contribution in [2.45, 2.75) is 24.4 Å². The van der Waals surface area contributed by atoms with Crippen LogP contribution in [0.15, 0.2) is 59.6 Å². The van der Waals surface area contributed by atoms with Crippen molar-refractivity contribution in [3.63, 3.8) is 0 Å². The minimum absolute atomic E-state index is 0.719. The van der Waals surface area contributed by atoms with E-state index >= 15 is 0 Å². The fourth-order valence-corrected chi connectivity index (χ4v) is 3.93. The summed E-state index contributed by atoms with van der Waals surface area (Å²) in [5, 5.41) is 11.7. The zero-order valence-corrected chi connectivity index (χ0v) is 14.0. The van der Waals surface area contributed by atoms with Gasteiger partial charge in [-0.25, -0.2) is 0 Å². The van der Waals surface area contributed by atoms with Crippen molar-refractivity contribution in [1.29, 1.82) is 0 Å². The molecule has 3 rings (SSSR count). The maximum absolute atomic E-state index is 4.37. The highest BCUT2D eigenvalue weighted by Crippen LogP contribution is 2.29. The summed E-state index contributed by atoms with van der Waals surface area (Å²) >= 11 is 3.40. The molecule has 0 aliphatic rings. The standard InChI is InChI=1S/C17H17N3S2/c1-3-10-20-16(15-9-6-11-21-15)18-19-17(20)22-12-14-8-5-4-7-13(14)2/h3-9,11H,1,10,12H2,2H3. The van der Waals surface area contributed by atoms with Crippen LogP contribution in [-0.4, -0.2) is 14.8 Å². The molecular weight excluding hydrogens is 310 g/mol. The Morgan fingerprint density at radius 1 is 1.23 bits per heavy atom. The van der Waals surface area contributed by atoms with Crippen molar-refractivity contribution in [2.24, 2.45) is 0 Å². The average Bonchev–Trinajstić information content (AvgIpc) is 3.16. The van der Waals surface area contributed by atoms with E-state index in [1.54, 1.807) is 23.1 Å². The molecule has 0 bridgehead atoms. The first-order valence-electron chi connectivity index (χ1n) is 7.05. The smallest absolute Gasteiger partial charge is 0.192 e. The van der Waals surface area contributed by atoms with Gasteiger partial charge in [-0.05, 0) is 29.5 Å². The van der Waals surface area contributed by atoms with E-state index in [1.807, 2.05) is 12.1 Å². The summed E-state index contributed by atoms with van der Waals surface area (Å²) in [5.74, 6) is 1.81. The van der Waals surface area contributed by atoms with Crippen LogP contribution >= 0.6 is 23.1 Å². The van der Waals surface area contributed by atoms with Gasteiger partial charge in [-0.2, -0.15) is 0 Å². The quantitative estimate of drug-likeness (QED) is 0.481. The molecule has 0 aliphatic heterocycles. The zero-order chi connectivity index (χ0) is 15.4. The Morgan fingerprint density at radius 3 is 2.82 bits per heavy atom. The molecule has 3 nitrogen and oxygen atoms in total. The van der Waals surface area contributed by atoms with Crippen molar-refractivity contribution < 1.29 is 0 Å². The Bertz CT molecular complexity index is 760. The van der Waals surface area contributed by atoms with E-state index in [0.717, 1.165) is 28.2 Å². The second kappa shape index (κ2) is 6.94. The maximum Gasteiger partial charge on any atom is 0.192 e. The predicted molar refractivity (Wildman–Crippen MR) is 94.3 cm³/mol. The third-order valence-electron chi connectivity index (χ3n) is 3.39. The van der Waals surface area contributed by atoms with Gasteiger partial charge in [0.05, 0.1) is 4.88 Å². The minimum atomic E-state index is 0.719. The number of aryl methyl sites for hydroxylation is 1. The van der Waals surface area contributed by atoms with Gasteiger partial charge in [0.2, 0.25) is 0 Å². The van der Waals surface area contributed by atoms with Crippen molar-refractivity contribution in [1.82, 2.24) is 14.8 Å². The first-order chi connectivity index (χ1) is 10.8. The van der Waals surface area contributed by atoms with Crippen LogP contribution in [0, 0.1) is 6.92 Å². The van der Waals surface area contributed by atoms with Crippen molar-refractivity contribution in [2.75, 3.05) is 0 Å². The number of aromatic nitrogens is 3. The van der Waals surface area contributed by atoms with Crippen LogP contribution in [0.25, 0.3) is 10.7 Å². The minimum Gasteiger partial charge on any atom is -0.297 e. The number of allylic oxidation sites excluding steroid dienone is 1. The van der Waals surface area contributed by atoms with E-state index in [1.165, 1.54) is 11.1 Å². The Kier molecular flexibility index (Phi) is 4.75. The number of thiophene rings is 1. The number of hydrogen-bond donors (Lipinski definition) is 0. The molecule has 2 aromatic heterocycles. The fraction of sp³-hybridized carbons (Fsp3) is 0.176. The van der Waals surface area contributed by atoms with Gasteiger partial charge >= 0.3 is 0 Å². The topological polar surface area (TPSA) is 30.7 Å². The molecule has 0 saturated carbocycles. The Labute approximate surface area is 138 Å². The fourth-order valence-electron chi connectivity index (χ4n) is 2.19. The van der Waals surface area contributed by atoms with E-state index in [-0.39, 0.29) is 0 Å². The molecule has 0 saturated heterocycles. The highest BCUT2D eigenvalue weighted by Gasteiger charge is 2.14. The lowest BCUT2D eigenvalue weighted by Gasteiger charge is -2.08. The van der Waals surface area contributed by atoms with Gasteiger partial charge in [0, 0.05) is 12.3 Å². The van der Waals surface area contributed by atoms with Crippen molar-refractivity contribution in [3.05, 3.63) is 65.6 Å². The molecule has 0 unspecified atom stereocenters. The van der Waals surface area contributed by atoms with Crippen LogP contribution in [-0.2, 0) is 12.3 Å². The van der Waals surface area contributed by atoms with E-state index in [2.05, 4.69) is 64.0 Å². The SMILES string of the molecule is C=CCn1c(SCc2ccccc2C)nnc1-c1cccs1. The molecule has 0 aliphatic carbocycles. The monoisotopic (exact) mass is 327 g/mol. The van der Waals surface area contributed by atoms with Gasteiger partial charge in [-0.3, -0.25) is 4.57 Å². The largest absolute Gasteiger partial charge is 0.297 e. The maximum atomic E-state index is 4.37. The van der Waals surface area contributed by atoms with E-state index in [0.29, 0.717) is 0 Å². The van der Waals surface area contributed by atoms with Gasteiger partial charge in [-0.1, -0.05) is 48.2 Å². The molecular formula is C17H17N3S2. The molecule has 22 heavy (non-hydrogen) atoms. The van der Waals surface area contributed by atoms with Crippen molar-refractivity contribution >= 4 is 23.1 Å². The van der Waals surface area contributed by atoms with Gasteiger partial charge in [-0.15, -0.1) is 28.1 Å². The first kappa shape index (κ1) is 15.1. The second-order valence-corrected chi connectivity index (χ2v) is 6.79. The molecule has 3 aromatic rings. The highest BCUT2D eigenvalue weighted by atomic mass is 32.2. The van der Waals surface area contributed by atoms with Crippen molar-refractivity contribution in [3.8, 4) is 10.7 Å². The van der Waals surface area contributed by atoms with Crippen LogP contribution in [0.1, 0.15) is 11.1 Å². The summed E-state index contributed by atoms with van der Waals surface area (Å²) in [6, 6.07) is 12.6. The zero-order valence-electron chi connectivity index (χ0n) is 12.4. The lowest BCUT2D eigenvalue weighted by molar-refractivity contribution is 0.732. The molecule has 0 fully saturated rings. The molecule has 0 amide bonds.